The Balaban J connectivity index is 2.10. The number of hydrogen-bond acceptors (Lipinski definition) is 3. The minimum Gasteiger partial charge on any atom is -0.380 e. The van der Waals surface area contributed by atoms with Gasteiger partial charge < -0.3 is 10.1 Å². The van der Waals surface area contributed by atoms with E-state index >= 15 is 0 Å². The lowest BCUT2D eigenvalue weighted by atomic mass is 9.88. The van der Waals surface area contributed by atoms with Gasteiger partial charge in [-0.05, 0) is 6.92 Å². The maximum atomic E-state index is 5.24. The van der Waals surface area contributed by atoms with Gasteiger partial charge in [-0.25, -0.2) is 0 Å². The Morgan fingerprint density at radius 2 is 2.00 bits per heavy atom. The van der Waals surface area contributed by atoms with E-state index in [4.69, 9.17) is 4.74 Å². The van der Waals surface area contributed by atoms with Gasteiger partial charge in [-0.2, -0.15) is 11.8 Å². The Hall–Kier alpha value is 0.270. The lowest BCUT2D eigenvalue weighted by Gasteiger charge is -2.39. The van der Waals surface area contributed by atoms with Crippen molar-refractivity contribution in [2.24, 2.45) is 5.41 Å². The van der Waals surface area contributed by atoms with E-state index in [9.17, 15) is 0 Å². The lowest BCUT2D eigenvalue weighted by molar-refractivity contribution is -0.0996. The molecule has 0 spiro atoms. The maximum absolute atomic E-state index is 5.24. The second-order valence-electron chi connectivity index (χ2n) is 6.01. The van der Waals surface area contributed by atoms with Crippen LogP contribution in [0.1, 0.15) is 34.6 Å². The van der Waals surface area contributed by atoms with Gasteiger partial charge >= 0.3 is 0 Å². The molecule has 1 saturated heterocycles. The van der Waals surface area contributed by atoms with E-state index in [-0.39, 0.29) is 0 Å². The van der Waals surface area contributed by atoms with Gasteiger partial charge in [0.25, 0.3) is 0 Å². The highest BCUT2D eigenvalue weighted by molar-refractivity contribution is 8.00. The summed E-state index contributed by atoms with van der Waals surface area (Å²) >= 11 is 2.02. The Labute approximate surface area is 98.5 Å². The summed E-state index contributed by atoms with van der Waals surface area (Å²) in [5.41, 5.74) is 0.390. The van der Waals surface area contributed by atoms with Crippen LogP contribution in [-0.2, 0) is 4.74 Å². The quantitative estimate of drug-likeness (QED) is 0.785. The number of hydrogen-bond donors (Lipinski definition) is 1. The molecule has 1 N–H and O–H groups in total. The average molecular weight is 231 g/mol. The number of nitrogens with one attached hydrogen (secondary N) is 1. The van der Waals surface area contributed by atoms with Crippen molar-refractivity contribution in [1.82, 2.24) is 5.32 Å². The van der Waals surface area contributed by atoms with Crippen LogP contribution in [0.25, 0.3) is 0 Å². The zero-order chi connectivity index (χ0) is 11.5. The van der Waals surface area contributed by atoms with Gasteiger partial charge in [0.05, 0.1) is 13.2 Å². The van der Waals surface area contributed by atoms with Crippen molar-refractivity contribution in [2.45, 2.75) is 45.4 Å². The van der Waals surface area contributed by atoms with Crippen molar-refractivity contribution in [3.8, 4) is 0 Å². The van der Waals surface area contributed by atoms with Crippen molar-refractivity contribution >= 4 is 11.8 Å². The Morgan fingerprint density at radius 3 is 2.40 bits per heavy atom. The molecule has 1 aliphatic heterocycles. The summed E-state index contributed by atoms with van der Waals surface area (Å²) in [6.45, 7) is 14.3. The fourth-order valence-corrected chi connectivity index (χ4v) is 2.27. The third-order valence-electron chi connectivity index (χ3n) is 2.54. The molecule has 90 valence electrons. The predicted octanol–water partition coefficient (Wildman–Crippen LogP) is 2.53. The third kappa shape index (κ3) is 5.23. The fraction of sp³-hybridized carbons (Fsp3) is 1.00. The van der Waals surface area contributed by atoms with Crippen molar-refractivity contribution in [3.05, 3.63) is 0 Å². The van der Waals surface area contributed by atoms with Gasteiger partial charge in [0.2, 0.25) is 0 Å². The third-order valence-corrected chi connectivity index (χ3v) is 4.08. The SMILES string of the molecule is CC(CSC(C)(C)C)NCC1(C)COC1. The number of ether oxygens (including phenoxy) is 1. The first-order chi connectivity index (χ1) is 6.81. The molecule has 1 unspecified atom stereocenters. The second-order valence-corrected chi connectivity index (χ2v) is 7.86. The van der Waals surface area contributed by atoms with Crippen molar-refractivity contribution in [3.63, 3.8) is 0 Å². The zero-order valence-corrected chi connectivity index (χ0v) is 11.5. The molecule has 1 heterocycles. The summed E-state index contributed by atoms with van der Waals surface area (Å²) < 4.78 is 5.61. The van der Waals surface area contributed by atoms with Crippen LogP contribution in [0.15, 0.2) is 0 Å². The van der Waals surface area contributed by atoms with Gasteiger partial charge in [0.1, 0.15) is 0 Å². The molecule has 1 rings (SSSR count). The summed E-state index contributed by atoms with van der Waals surface area (Å²) in [5.74, 6) is 1.18. The van der Waals surface area contributed by atoms with Crippen LogP contribution in [0.4, 0.5) is 0 Å². The van der Waals surface area contributed by atoms with Crippen molar-refractivity contribution in [1.29, 1.82) is 0 Å². The molecule has 0 amide bonds. The molecular formula is C12H25NOS. The minimum atomic E-state index is 0.374. The molecule has 0 aromatic rings. The van der Waals surface area contributed by atoms with Gasteiger partial charge in [0, 0.05) is 28.5 Å². The highest BCUT2D eigenvalue weighted by atomic mass is 32.2. The highest BCUT2D eigenvalue weighted by Gasteiger charge is 2.33. The van der Waals surface area contributed by atoms with Gasteiger partial charge in [-0.3, -0.25) is 0 Å². The highest BCUT2D eigenvalue weighted by Crippen LogP contribution is 2.26. The predicted molar refractivity (Wildman–Crippen MR) is 68.6 cm³/mol. The molecule has 0 aliphatic carbocycles. The molecule has 15 heavy (non-hydrogen) atoms. The molecule has 0 aromatic heterocycles. The fourth-order valence-electron chi connectivity index (χ4n) is 1.41. The first kappa shape index (κ1) is 13.3. The summed E-state index contributed by atoms with van der Waals surface area (Å²) in [5, 5.41) is 3.60. The monoisotopic (exact) mass is 231 g/mol. The van der Waals surface area contributed by atoms with Crippen molar-refractivity contribution in [2.75, 3.05) is 25.5 Å². The van der Waals surface area contributed by atoms with Crippen LogP contribution in [0.2, 0.25) is 0 Å². The maximum Gasteiger partial charge on any atom is 0.0554 e. The molecule has 1 atom stereocenters. The van der Waals surface area contributed by atoms with Crippen LogP contribution in [-0.4, -0.2) is 36.3 Å². The molecule has 3 heteroatoms. The first-order valence-corrected chi connectivity index (χ1v) is 6.74. The Morgan fingerprint density at radius 1 is 1.40 bits per heavy atom. The van der Waals surface area contributed by atoms with E-state index in [1.807, 2.05) is 11.8 Å². The van der Waals surface area contributed by atoms with E-state index in [0.29, 0.717) is 16.2 Å². The molecule has 1 aliphatic rings. The molecule has 0 saturated carbocycles. The van der Waals surface area contributed by atoms with E-state index in [0.717, 1.165) is 19.8 Å². The average Bonchev–Trinajstić information content (AvgIpc) is 2.07. The molecule has 1 fully saturated rings. The topological polar surface area (TPSA) is 21.3 Å². The summed E-state index contributed by atoms with van der Waals surface area (Å²) in [6, 6.07) is 0.589. The van der Waals surface area contributed by atoms with E-state index in [1.165, 1.54) is 5.75 Å². The molecular weight excluding hydrogens is 206 g/mol. The Bertz CT molecular complexity index is 196. The molecule has 0 radical (unpaired) electrons. The zero-order valence-electron chi connectivity index (χ0n) is 10.7. The van der Waals surface area contributed by atoms with Gasteiger partial charge in [0.15, 0.2) is 0 Å². The number of rotatable bonds is 5. The van der Waals surface area contributed by atoms with E-state index < -0.39 is 0 Å². The van der Waals surface area contributed by atoms with Crippen LogP contribution >= 0.6 is 11.8 Å². The van der Waals surface area contributed by atoms with Crippen molar-refractivity contribution < 1.29 is 4.74 Å². The van der Waals surface area contributed by atoms with Crippen LogP contribution in [0.3, 0.4) is 0 Å². The smallest absolute Gasteiger partial charge is 0.0554 e. The number of thioether (sulfide) groups is 1. The van der Waals surface area contributed by atoms with Gasteiger partial charge in [-0.15, -0.1) is 0 Å². The Kier molecular flexibility index (Phi) is 4.50. The van der Waals surface area contributed by atoms with Gasteiger partial charge in [-0.1, -0.05) is 27.7 Å². The lowest BCUT2D eigenvalue weighted by Crippen LogP contribution is -2.49. The summed E-state index contributed by atoms with van der Waals surface area (Å²) in [7, 11) is 0. The minimum absolute atomic E-state index is 0.374. The normalized spacial score (nSPS) is 22.2. The molecule has 0 bridgehead atoms. The van der Waals surface area contributed by atoms with Crippen LogP contribution < -0.4 is 5.32 Å². The standard InChI is InChI=1S/C12H25NOS/c1-10(6-15-11(2,3)4)13-7-12(5)8-14-9-12/h10,13H,6-9H2,1-5H3. The van der Waals surface area contributed by atoms with Crippen LogP contribution in [0.5, 0.6) is 0 Å². The molecule has 2 nitrogen and oxygen atoms in total. The second kappa shape index (κ2) is 5.07. The first-order valence-electron chi connectivity index (χ1n) is 5.76. The van der Waals surface area contributed by atoms with E-state index in [1.54, 1.807) is 0 Å². The molecule has 0 aromatic carbocycles. The van der Waals surface area contributed by atoms with E-state index in [2.05, 4.69) is 39.9 Å². The summed E-state index contributed by atoms with van der Waals surface area (Å²) in [4.78, 5) is 0. The largest absolute Gasteiger partial charge is 0.380 e. The summed E-state index contributed by atoms with van der Waals surface area (Å²) in [6.07, 6.45) is 0. The van der Waals surface area contributed by atoms with Crippen LogP contribution in [0, 0.1) is 5.41 Å².